The topological polar surface area (TPSA) is 21.5 Å². The maximum absolute atomic E-state index is 2.40. The Morgan fingerprint density at radius 3 is 1.20 bits per heavy atom. The molecule has 0 aliphatic heterocycles. The van der Waals surface area contributed by atoms with Gasteiger partial charge in [0, 0.05) is 63.6 Å². The van der Waals surface area contributed by atoms with E-state index in [0.29, 0.717) is 0 Å². The molecule has 0 atom stereocenters. The van der Waals surface area contributed by atoms with Crippen LogP contribution in [-0.2, 0) is 0 Å². The van der Waals surface area contributed by atoms with E-state index in [1.54, 1.807) is 0 Å². The number of nitrogens with zero attached hydrogens (tertiary/aromatic N) is 5. The van der Waals surface area contributed by atoms with Crippen molar-refractivity contribution < 1.29 is 13.7 Å². The predicted molar refractivity (Wildman–Crippen MR) is 225 cm³/mol. The summed E-state index contributed by atoms with van der Waals surface area (Å²) in [5, 5.41) is 4.96. The fraction of sp³-hybridized carbons (Fsp3) is 0. The quantitative estimate of drug-likeness (QED) is 0.153. The van der Waals surface area contributed by atoms with Crippen molar-refractivity contribution in [2.75, 3.05) is 0 Å². The summed E-state index contributed by atoms with van der Waals surface area (Å²) < 4.78 is 11.3. The monoisotopic (exact) mass is 718 g/mol. The van der Waals surface area contributed by atoms with E-state index in [4.69, 9.17) is 0 Å². The van der Waals surface area contributed by atoms with E-state index >= 15 is 0 Å². The number of rotatable bonds is 6. The summed E-state index contributed by atoms with van der Waals surface area (Å²) in [4.78, 5) is 0. The van der Waals surface area contributed by atoms with Gasteiger partial charge in [-0.15, -0.1) is 0 Å². The Morgan fingerprint density at radius 2 is 0.661 bits per heavy atom. The first-order valence-electron chi connectivity index (χ1n) is 19.0. The molecule has 0 radical (unpaired) electrons. The van der Waals surface area contributed by atoms with Crippen molar-refractivity contribution in [1.29, 1.82) is 0 Å². The minimum atomic E-state index is 1.06. The van der Waals surface area contributed by atoms with Gasteiger partial charge in [-0.05, 0) is 65.7 Å². The third-order valence-electron chi connectivity index (χ3n) is 10.9. The van der Waals surface area contributed by atoms with Crippen molar-refractivity contribution in [3.8, 4) is 39.6 Å². The molecule has 0 aliphatic rings. The molecule has 3 heterocycles. The summed E-state index contributed by atoms with van der Waals surface area (Å²) in [6.07, 6.45) is 6.40. The lowest BCUT2D eigenvalue weighted by Gasteiger charge is -2.09. The van der Waals surface area contributed by atoms with Crippen LogP contribution in [-0.4, -0.2) is 9.13 Å². The average Bonchev–Trinajstić information content (AvgIpc) is 3.79. The van der Waals surface area contributed by atoms with E-state index in [1.807, 2.05) is 0 Å². The Morgan fingerprint density at radius 1 is 0.268 bits per heavy atom. The standard InChI is InChI=1S/C51H36N5/c1-4-15-39(16-5-1)52-34-53(40-17-6-2-7-18-40)36-54(35-52)42-21-14-22-43(33-42)56-49-26-13-11-24-45(49)47-32-38(28-30-51(47)56)37-27-29-50-46(31-37)44-23-10-12-25-48(44)55(50)41-19-8-3-9-20-41/h1-36H/q+3. The minimum absolute atomic E-state index is 1.06. The highest BCUT2D eigenvalue weighted by Gasteiger charge is 2.25. The molecular weight excluding hydrogens is 683 g/mol. The van der Waals surface area contributed by atoms with Crippen molar-refractivity contribution in [2.24, 2.45) is 0 Å². The highest BCUT2D eigenvalue weighted by atomic mass is 15.2. The molecule has 56 heavy (non-hydrogen) atoms. The first kappa shape index (κ1) is 31.9. The van der Waals surface area contributed by atoms with Crippen molar-refractivity contribution in [3.05, 3.63) is 219 Å². The lowest BCUT2D eigenvalue weighted by molar-refractivity contribution is -0.858. The second-order valence-corrected chi connectivity index (χ2v) is 14.3. The fourth-order valence-electron chi connectivity index (χ4n) is 8.32. The number of aromatic nitrogens is 5. The van der Waals surface area contributed by atoms with E-state index in [9.17, 15) is 0 Å². The van der Waals surface area contributed by atoms with E-state index in [0.717, 1.165) is 22.7 Å². The van der Waals surface area contributed by atoms with Gasteiger partial charge < -0.3 is 9.13 Å². The molecule has 0 fully saturated rings. The zero-order valence-electron chi connectivity index (χ0n) is 30.5. The molecule has 0 saturated carbocycles. The van der Waals surface area contributed by atoms with Gasteiger partial charge in [0.1, 0.15) is 0 Å². The van der Waals surface area contributed by atoms with Crippen molar-refractivity contribution in [2.45, 2.75) is 0 Å². The first-order valence-corrected chi connectivity index (χ1v) is 19.0. The van der Waals surface area contributed by atoms with Gasteiger partial charge in [0.25, 0.3) is 0 Å². The Hall–Kier alpha value is -7.63. The second kappa shape index (κ2) is 13.0. The van der Waals surface area contributed by atoms with Gasteiger partial charge in [0.15, 0.2) is 0 Å². The molecule has 0 amide bonds. The first-order chi connectivity index (χ1) is 27.8. The van der Waals surface area contributed by atoms with Crippen LogP contribution in [0.5, 0.6) is 0 Å². The number of para-hydroxylation sites is 5. The number of hydrogen-bond acceptors (Lipinski definition) is 0. The van der Waals surface area contributed by atoms with E-state index < -0.39 is 0 Å². The van der Waals surface area contributed by atoms with Crippen LogP contribution in [0.3, 0.4) is 0 Å². The summed E-state index contributed by atoms with van der Waals surface area (Å²) in [6.45, 7) is 0. The van der Waals surface area contributed by atoms with Gasteiger partial charge in [-0.1, -0.05) is 123 Å². The van der Waals surface area contributed by atoms with Crippen LogP contribution >= 0.6 is 0 Å². The van der Waals surface area contributed by atoms with Gasteiger partial charge in [0.05, 0.1) is 27.8 Å². The third-order valence-corrected chi connectivity index (χ3v) is 10.9. The molecule has 5 heteroatoms. The van der Waals surface area contributed by atoms with Crippen LogP contribution in [0, 0.1) is 0 Å². The minimum Gasteiger partial charge on any atom is -0.309 e. The van der Waals surface area contributed by atoms with E-state index in [-0.39, 0.29) is 0 Å². The second-order valence-electron chi connectivity index (χ2n) is 14.3. The van der Waals surface area contributed by atoms with E-state index in [1.165, 1.54) is 60.4 Å². The van der Waals surface area contributed by atoms with Gasteiger partial charge in [0.2, 0.25) is 17.1 Å². The number of fused-ring (bicyclic) bond motifs is 6. The van der Waals surface area contributed by atoms with E-state index in [2.05, 4.69) is 242 Å². The highest BCUT2D eigenvalue weighted by Crippen LogP contribution is 2.38. The van der Waals surface area contributed by atoms with Crippen LogP contribution in [0.4, 0.5) is 0 Å². The third kappa shape index (κ3) is 5.29. The summed E-state index contributed by atoms with van der Waals surface area (Å²) in [5.74, 6) is 0. The fourth-order valence-corrected chi connectivity index (χ4v) is 8.32. The zero-order valence-corrected chi connectivity index (χ0v) is 30.5. The van der Waals surface area contributed by atoms with Crippen LogP contribution in [0.1, 0.15) is 0 Å². The lowest BCUT2D eigenvalue weighted by atomic mass is 10.0. The largest absolute Gasteiger partial charge is 0.428 e. The summed E-state index contributed by atoms with van der Waals surface area (Å²) >= 11 is 0. The maximum Gasteiger partial charge on any atom is 0.428 e. The van der Waals surface area contributed by atoms with Crippen LogP contribution in [0.25, 0.3) is 83.2 Å². The Labute approximate surface area is 324 Å². The summed E-state index contributed by atoms with van der Waals surface area (Å²) in [7, 11) is 0. The molecule has 0 bridgehead atoms. The average molecular weight is 719 g/mol. The van der Waals surface area contributed by atoms with Gasteiger partial charge >= 0.3 is 19.0 Å². The summed E-state index contributed by atoms with van der Waals surface area (Å²) in [5.41, 5.74) is 12.7. The maximum atomic E-state index is 2.40. The Balaban J connectivity index is 1.05. The van der Waals surface area contributed by atoms with Crippen LogP contribution in [0.15, 0.2) is 219 Å². The van der Waals surface area contributed by atoms with Crippen molar-refractivity contribution in [3.63, 3.8) is 0 Å². The predicted octanol–water partition coefficient (Wildman–Crippen LogP) is 10.4. The lowest BCUT2D eigenvalue weighted by Crippen LogP contribution is -2.55. The molecule has 8 aromatic carbocycles. The Bertz CT molecular complexity index is 3180. The molecule has 262 valence electrons. The summed E-state index contributed by atoms with van der Waals surface area (Å²) in [6, 6.07) is 71.7. The molecule has 3 aromatic heterocycles. The van der Waals surface area contributed by atoms with Crippen molar-refractivity contribution >= 4 is 43.6 Å². The van der Waals surface area contributed by atoms with Gasteiger partial charge in [-0.25, -0.2) is 0 Å². The molecule has 0 N–H and O–H groups in total. The van der Waals surface area contributed by atoms with Crippen LogP contribution < -0.4 is 13.7 Å². The molecule has 0 spiro atoms. The molecule has 0 unspecified atom stereocenters. The molecule has 11 rings (SSSR count). The molecular formula is C51H36N5+3. The molecule has 5 nitrogen and oxygen atoms in total. The molecule has 0 aliphatic carbocycles. The van der Waals surface area contributed by atoms with Gasteiger partial charge in [-0.3, -0.25) is 0 Å². The molecule has 0 saturated heterocycles. The number of hydrogen-bond donors (Lipinski definition) is 0. The smallest absolute Gasteiger partial charge is 0.309 e. The zero-order chi connectivity index (χ0) is 37.0. The van der Waals surface area contributed by atoms with Crippen molar-refractivity contribution in [1.82, 2.24) is 9.13 Å². The SMILES string of the molecule is c1ccc(-n2c3ccccc3c3cc(-c4ccc5c(c4)c4ccccc4n5-c4cccc(-[n+]5c[n+](-c6ccccc6)c[n+](-c6ccccc6)c5)c4)ccc32)cc1. The van der Waals surface area contributed by atoms with Crippen LogP contribution in [0.2, 0.25) is 0 Å². The molecule has 11 aromatic rings. The number of benzene rings is 8. The normalized spacial score (nSPS) is 11.6. The van der Waals surface area contributed by atoms with Gasteiger partial charge in [-0.2, -0.15) is 0 Å². The highest BCUT2D eigenvalue weighted by molar-refractivity contribution is 6.12. The Kier molecular flexibility index (Phi) is 7.42.